The molecule has 1 atom stereocenters. The molecule has 1 N–H and O–H groups in total. The fourth-order valence-corrected chi connectivity index (χ4v) is 1.74. The molecule has 1 saturated heterocycles. The van der Waals surface area contributed by atoms with Gasteiger partial charge in [0, 0.05) is 0 Å². The van der Waals surface area contributed by atoms with E-state index in [4.69, 9.17) is 4.74 Å². The van der Waals surface area contributed by atoms with E-state index in [2.05, 4.69) is 5.32 Å². The monoisotopic (exact) mass is 205 g/mol. The van der Waals surface area contributed by atoms with Gasteiger partial charge in [0.2, 0.25) is 0 Å². The molecule has 0 spiro atoms. The summed E-state index contributed by atoms with van der Waals surface area (Å²) < 4.78 is 5.33. The second kappa shape index (κ2) is 4.45. The van der Waals surface area contributed by atoms with E-state index in [9.17, 15) is 4.79 Å². The van der Waals surface area contributed by atoms with Gasteiger partial charge in [-0.2, -0.15) is 0 Å². The number of aryl methyl sites for hydroxylation is 1. The number of esters is 1. The molecular weight excluding hydrogens is 190 g/mol. The number of rotatable bonds is 2. The summed E-state index contributed by atoms with van der Waals surface area (Å²) >= 11 is 0. The van der Waals surface area contributed by atoms with E-state index in [1.54, 1.807) is 0 Å². The molecule has 0 aromatic heterocycles. The Hall–Kier alpha value is -1.35. The maximum absolute atomic E-state index is 11.7. The molecular formula is C12H15NO2. The van der Waals surface area contributed by atoms with Crippen LogP contribution in [0.2, 0.25) is 0 Å². The summed E-state index contributed by atoms with van der Waals surface area (Å²) in [5, 5.41) is 3.12. The van der Waals surface area contributed by atoms with Crippen molar-refractivity contribution in [2.75, 3.05) is 6.54 Å². The predicted octanol–water partition coefficient (Wildman–Crippen LogP) is 1.65. The highest BCUT2D eigenvalue weighted by atomic mass is 16.5. The zero-order chi connectivity index (χ0) is 10.7. The van der Waals surface area contributed by atoms with Crippen LogP contribution in [-0.4, -0.2) is 18.6 Å². The molecule has 0 amide bonds. The minimum atomic E-state index is -0.165. The van der Waals surface area contributed by atoms with Gasteiger partial charge >= 0.3 is 5.97 Å². The summed E-state index contributed by atoms with van der Waals surface area (Å²) in [5.41, 5.74) is 0.990. The van der Waals surface area contributed by atoms with Gasteiger partial charge in [0.25, 0.3) is 0 Å². The van der Waals surface area contributed by atoms with Crippen LogP contribution in [0.3, 0.4) is 0 Å². The molecule has 80 valence electrons. The molecule has 3 nitrogen and oxygen atoms in total. The first-order valence-electron chi connectivity index (χ1n) is 5.28. The van der Waals surface area contributed by atoms with Crippen LogP contribution in [0.5, 0.6) is 5.75 Å². The summed E-state index contributed by atoms with van der Waals surface area (Å²) in [7, 11) is 0. The highest BCUT2D eigenvalue weighted by molar-refractivity contribution is 5.78. The Morgan fingerprint density at radius 2 is 2.27 bits per heavy atom. The second-order valence-corrected chi connectivity index (χ2v) is 3.84. The number of nitrogens with one attached hydrogen (secondary N) is 1. The molecule has 1 aliphatic heterocycles. The van der Waals surface area contributed by atoms with Gasteiger partial charge in [0.05, 0.1) is 0 Å². The van der Waals surface area contributed by atoms with Crippen LogP contribution >= 0.6 is 0 Å². The molecule has 0 saturated carbocycles. The molecule has 1 aliphatic rings. The van der Waals surface area contributed by atoms with Crippen molar-refractivity contribution in [3.05, 3.63) is 29.8 Å². The topological polar surface area (TPSA) is 38.3 Å². The second-order valence-electron chi connectivity index (χ2n) is 3.84. The van der Waals surface area contributed by atoms with E-state index in [-0.39, 0.29) is 12.0 Å². The van der Waals surface area contributed by atoms with Gasteiger partial charge in [-0.1, -0.05) is 18.2 Å². The summed E-state index contributed by atoms with van der Waals surface area (Å²) in [4.78, 5) is 11.7. The predicted molar refractivity (Wildman–Crippen MR) is 57.8 cm³/mol. The molecule has 1 unspecified atom stereocenters. The Morgan fingerprint density at radius 1 is 1.47 bits per heavy atom. The third-order valence-corrected chi connectivity index (χ3v) is 2.65. The standard InChI is InChI=1S/C12H15NO2/c1-9-5-2-3-7-11(9)15-12(14)10-6-4-8-13-10/h2-3,5,7,10,13H,4,6,8H2,1H3. The van der Waals surface area contributed by atoms with Crippen molar-refractivity contribution < 1.29 is 9.53 Å². The highest BCUT2D eigenvalue weighted by Gasteiger charge is 2.24. The summed E-state index contributed by atoms with van der Waals surface area (Å²) in [5.74, 6) is 0.498. The number of carbonyl (C=O) groups is 1. The Labute approximate surface area is 89.4 Å². The lowest BCUT2D eigenvalue weighted by molar-refractivity contribution is -0.136. The van der Waals surface area contributed by atoms with E-state index >= 15 is 0 Å². The van der Waals surface area contributed by atoms with Crippen molar-refractivity contribution in [2.24, 2.45) is 0 Å². The van der Waals surface area contributed by atoms with Gasteiger partial charge in [-0.3, -0.25) is 0 Å². The van der Waals surface area contributed by atoms with Gasteiger partial charge in [-0.05, 0) is 37.9 Å². The first-order chi connectivity index (χ1) is 7.27. The molecule has 15 heavy (non-hydrogen) atoms. The lowest BCUT2D eigenvalue weighted by Crippen LogP contribution is -2.34. The van der Waals surface area contributed by atoms with E-state index in [0.717, 1.165) is 24.9 Å². The lowest BCUT2D eigenvalue weighted by atomic mass is 10.2. The number of hydrogen-bond acceptors (Lipinski definition) is 3. The van der Waals surface area contributed by atoms with Crippen molar-refractivity contribution in [3.8, 4) is 5.75 Å². The molecule has 0 radical (unpaired) electrons. The average Bonchev–Trinajstić information content (AvgIpc) is 2.74. The number of benzene rings is 1. The van der Waals surface area contributed by atoms with Crippen molar-refractivity contribution >= 4 is 5.97 Å². The van der Waals surface area contributed by atoms with Gasteiger partial charge in [0.1, 0.15) is 11.8 Å². The quantitative estimate of drug-likeness (QED) is 0.589. The van der Waals surface area contributed by atoms with E-state index < -0.39 is 0 Å². The van der Waals surface area contributed by atoms with Crippen LogP contribution in [0.1, 0.15) is 18.4 Å². The van der Waals surface area contributed by atoms with Gasteiger partial charge in [-0.15, -0.1) is 0 Å². The van der Waals surface area contributed by atoms with Crippen molar-refractivity contribution in [2.45, 2.75) is 25.8 Å². The third-order valence-electron chi connectivity index (χ3n) is 2.65. The fraction of sp³-hybridized carbons (Fsp3) is 0.417. The summed E-state index contributed by atoms with van der Waals surface area (Å²) in [6.07, 6.45) is 1.93. The van der Waals surface area contributed by atoms with Crippen LogP contribution in [0, 0.1) is 6.92 Å². The van der Waals surface area contributed by atoms with Crippen LogP contribution in [-0.2, 0) is 4.79 Å². The minimum absolute atomic E-state index is 0.121. The first-order valence-corrected chi connectivity index (χ1v) is 5.28. The maximum atomic E-state index is 11.7. The van der Waals surface area contributed by atoms with Crippen LogP contribution < -0.4 is 10.1 Å². The molecule has 3 heteroatoms. The van der Waals surface area contributed by atoms with Crippen LogP contribution in [0.25, 0.3) is 0 Å². The van der Waals surface area contributed by atoms with Crippen LogP contribution in [0.15, 0.2) is 24.3 Å². The lowest BCUT2D eigenvalue weighted by Gasteiger charge is -2.11. The number of carbonyl (C=O) groups excluding carboxylic acids is 1. The van der Waals surface area contributed by atoms with Gasteiger partial charge < -0.3 is 10.1 Å². The number of hydrogen-bond donors (Lipinski definition) is 1. The molecule has 1 fully saturated rings. The van der Waals surface area contributed by atoms with E-state index in [0.29, 0.717) is 5.75 Å². The minimum Gasteiger partial charge on any atom is -0.425 e. The fourth-order valence-electron chi connectivity index (χ4n) is 1.74. The average molecular weight is 205 g/mol. The molecule has 1 aromatic carbocycles. The summed E-state index contributed by atoms with van der Waals surface area (Å²) in [6.45, 7) is 2.85. The number of ether oxygens (including phenoxy) is 1. The number of para-hydroxylation sites is 1. The molecule has 0 aliphatic carbocycles. The van der Waals surface area contributed by atoms with Crippen LogP contribution in [0.4, 0.5) is 0 Å². The zero-order valence-electron chi connectivity index (χ0n) is 8.82. The Morgan fingerprint density at radius 3 is 2.93 bits per heavy atom. The molecule has 2 rings (SSSR count). The summed E-state index contributed by atoms with van der Waals surface area (Å²) in [6, 6.07) is 7.44. The van der Waals surface area contributed by atoms with E-state index in [1.165, 1.54) is 0 Å². The molecule has 1 heterocycles. The van der Waals surface area contributed by atoms with Gasteiger partial charge in [0.15, 0.2) is 0 Å². The normalized spacial score (nSPS) is 20.2. The smallest absolute Gasteiger partial charge is 0.328 e. The van der Waals surface area contributed by atoms with Crippen molar-refractivity contribution in [1.29, 1.82) is 0 Å². The Balaban J connectivity index is 2.02. The molecule has 0 bridgehead atoms. The highest BCUT2D eigenvalue weighted by Crippen LogP contribution is 2.18. The Kier molecular flexibility index (Phi) is 3.02. The van der Waals surface area contributed by atoms with Crippen molar-refractivity contribution in [1.82, 2.24) is 5.32 Å². The SMILES string of the molecule is Cc1ccccc1OC(=O)C1CCCN1. The third kappa shape index (κ3) is 2.36. The first kappa shape index (κ1) is 10.2. The molecule has 1 aromatic rings. The zero-order valence-corrected chi connectivity index (χ0v) is 8.82. The Bertz CT molecular complexity index is 356. The van der Waals surface area contributed by atoms with Gasteiger partial charge in [-0.25, -0.2) is 4.79 Å². The maximum Gasteiger partial charge on any atom is 0.328 e. The largest absolute Gasteiger partial charge is 0.425 e. The van der Waals surface area contributed by atoms with E-state index in [1.807, 2.05) is 31.2 Å². The van der Waals surface area contributed by atoms with Crippen molar-refractivity contribution in [3.63, 3.8) is 0 Å².